The van der Waals surface area contributed by atoms with Crippen molar-refractivity contribution in [1.82, 2.24) is 0 Å². The van der Waals surface area contributed by atoms with Crippen LogP contribution in [-0.4, -0.2) is 12.4 Å². The van der Waals surface area contributed by atoms with E-state index >= 15 is 0 Å². The second-order valence-electron chi connectivity index (χ2n) is 5.46. The second kappa shape index (κ2) is 4.31. The van der Waals surface area contributed by atoms with Gasteiger partial charge in [0.15, 0.2) is 0 Å². The molecular formula is C12H14F6. The SMILES string of the molecule is CC(C)(C)C1C=C(C(F)(F)F)C=C(C(F)(F)F)C1. The number of hydrogen-bond donors (Lipinski definition) is 0. The Balaban J connectivity index is 3.21. The van der Waals surface area contributed by atoms with Gasteiger partial charge >= 0.3 is 12.4 Å². The topological polar surface area (TPSA) is 0 Å². The van der Waals surface area contributed by atoms with E-state index in [1.807, 2.05) is 0 Å². The molecule has 0 aromatic heterocycles. The van der Waals surface area contributed by atoms with Crippen molar-refractivity contribution >= 4 is 0 Å². The van der Waals surface area contributed by atoms with Gasteiger partial charge in [-0.2, -0.15) is 26.3 Å². The number of allylic oxidation sites excluding steroid dienone is 4. The van der Waals surface area contributed by atoms with Crippen LogP contribution < -0.4 is 0 Å². The lowest BCUT2D eigenvalue weighted by Gasteiger charge is -2.33. The lowest BCUT2D eigenvalue weighted by Crippen LogP contribution is -2.28. The van der Waals surface area contributed by atoms with E-state index in [1.165, 1.54) is 0 Å². The van der Waals surface area contributed by atoms with Gasteiger partial charge in [-0.25, -0.2) is 0 Å². The zero-order valence-electron chi connectivity index (χ0n) is 10.2. The van der Waals surface area contributed by atoms with Gasteiger partial charge < -0.3 is 0 Å². The molecule has 1 aliphatic rings. The van der Waals surface area contributed by atoms with Gasteiger partial charge in [0.25, 0.3) is 0 Å². The van der Waals surface area contributed by atoms with Gasteiger partial charge in [-0.1, -0.05) is 26.8 Å². The Bertz CT molecular complexity index is 375. The normalized spacial score (nSPS) is 22.6. The van der Waals surface area contributed by atoms with Crippen LogP contribution in [0.3, 0.4) is 0 Å². The van der Waals surface area contributed by atoms with Gasteiger partial charge in [0.1, 0.15) is 0 Å². The highest BCUT2D eigenvalue weighted by atomic mass is 19.4. The minimum Gasteiger partial charge on any atom is -0.166 e. The third-order valence-electron chi connectivity index (χ3n) is 2.95. The summed E-state index contributed by atoms with van der Waals surface area (Å²) < 4.78 is 75.6. The molecule has 0 aromatic carbocycles. The monoisotopic (exact) mass is 272 g/mol. The van der Waals surface area contributed by atoms with Crippen LogP contribution in [0.2, 0.25) is 0 Å². The molecule has 1 unspecified atom stereocenters. The Morgan fingerprint density at radius 3 is 1.78 bits per heavy atom. The Hall–Kier alpha value is -0.940. The summed E-state index contributed by atoms with van der Waals surface area (Å²) in [4.78, 5) is 0. The summed E-state index contributed by atoms with van der Waals surface area (Å²) >= 11 is 0. The first-order valence-corrected chi connectivity index (χ1v) is 5.38. The van der Waals surface area contributed by atoms with Crippen molar-refractivity contribution in [3.63, 3.8) is 0 Å². The van der Waals surface area contributed by atoms with E-state index in [4.69, 9.17) is 0 Å². The minimum atomic E-state index is -4.75. The van der Waals surface area contributed by atoms with Crippen LogP contribution in [-0.2, 0) is 0 Å². The number of hydrogen-bond acceptors (Lipinski definition) is 0. The van der Waals surface area contributed by atoms with Crippen molar-refractivity contribution in [2.45, 2.75) is 39.5 Å². The van der Waals surface area contributed by atoms with Gasteiger partial charge in [-0.05, 0) is 23.8 Å². The molecule has 104 valence electrons. The van der Waals surface area contributed by atoms with Crippen LogP contribution >= 0.6 is 0 Å². The van der Waals surface area contributed by atoms with E-state index in [9.17, 15) is 26.3 Å². The molecule has 0 aliphatic heterocycles. The van der Waals surface area contributed by atoms with Crippen LogP contribution in [0.5, 0.6) is 0 Å². The molecule has 0 radical (unpaired) electrons. The smallest absolute Gasteiger partial charge is 0.166 e. The first-order valence-electron chi connectivity index (χ1n) is 5.38. The summed E-state index contributed by atoms with van der Waals surface area (Å²) in [5, 5.41) is 0. The van der Waals surface area contributed by atoms with Crippen molar-refractivity contribution in [3.8, 4) is 0 Å². The molecule has 0 saturated heterocycles. The van der Waals surface area contributed by atoms with E-state index in [0.29, 0.717) is 0 Å². The molecule has 1 rings (SSSR count). The van der Waals surface area contributed by atoms with Gasteiger partial charge in [0, 0.05) is 5.57 Å². The van der Waals surface area contributed by atoms with E-state index in [0.717, 1.165) is 6.08 Å². The number of rotatable bonds is 0. The summed E-state index contributed by atoms with van der Waals surface area (Å²) in [6, 6.07) is 0. The molecule has 0 heterocycles. The van der Waals surface area contributed by atoms with Gasteiger partial charge in [0.05, 0.1) is 5.57 Å². The van der Waals surface area contributed by atoms with Crippen molar-refractivity contribution in [1.29, 1.82) is 0 Å². The Labute approximate surface area is 101 Å². The molecule has 0 amide bonds. The molecule has 0 aromatic rings. The summed E-state index contributed by atoms with van der Waals surface area (Å²) in [5.41, 5.74) is -2.97. The molecule has 0 N–H and O–H groups in total. The molecule has 0 spiro atoms. The van der Waals surface area contributed by atoms with Crippen LogP contribution in [0.4, 0.5) is 26.3 Å². The van der Waals surface area contributed by atoms with Crippen molar-refractivity contribution in [2.75, 3.05) is 0 Å². The summed E-state index contributed by atoms with van der Waals surface area (Å²) in [6.45, 7) is 4.88. The van der Waals surface area contributed by atoms with Crippen LogP contribution in [0.15, 0.2) is 23.3 Å². The maximum Gasteiger partial charge on any atom is 0.416 e. The fourth-order valence-electron chi connectivity index (χ4n) is 1.74. The molecular weight excluding hydrogens is 258 g/mol. The minimum absolute atomic E-state index is 0.211. The van der Waals surface area contributed by atoms with Crippen LogP contribution in [0, 0.1) is 11.3 Å². The third-order valence-corrected chi connectivity index (χ3v) is 2.95. The first kappa shape index (κ1) is 15.1. The van der Waals surface area contributed by atoms with Crippen molar-refractivity contribution < 1.29 is 26.3 Å². The Kier molecular flexibility index (Phi) is 3.62. The molecule has 6 heteroatoms. The van der Waals surface area contributed by atoms with E-state index in [1.54, 1.807) is 20.8 Å². The maximum absolute atomic E-state index is 12.6. The lowest BCUT2D eigenvalue weighted by molar-refractivity contribution is -0.101. The van der Waals surface area contributed by atoms with Gasteiger partial charge in [0.2, 0.25) is 0 Å². The fraction of sp³-hybridized carbons (Fsp3) is 0.667. The van der Waals surface area contributed by atoms with Crippen molar-refractivity contribution in [3.05, 3.63) is 23.3 Å². The predicted octanol–water partition coefficient (Wildman–Crippen LogP) is 5.03. The van der Waals surface area contributed by atoms with E-state index in [-0.39, 0.29) is 6.08 Å². The van der Waals surface area contributed by atoms with Crippen LogP contribution in [0.25, 0.3) is 0 Å². The number of alkyl halides is 6. The fourth-order valence-corrected chi connectivity index (χ4v) is 1.74. The van der Waals surface area contributed by atoms with E-state index in [2.05, 4.69) is 0 Å². The average Bonchev–Trinajstić information content (AvgIpc) is 2.13. The summed E-state index contributed by atoms with van der Waals surface area (Å²) in [5.74, 6) is -0.782. The third kappa shape index (κ3) is 3.53. The quantitative estimate of drug-likeness (QED) is 0.542. The second-order valence-corrected chi connectivity index (χ2v) is 5.46. The molecule has 1 aliphatic carbocycles. The van der Waals surface area contributed by atoms with E-state index < -0.39 is 41.3 Å². The molecule has 1 atom stereocenters. The van der Waals surface area contributed by atoms with Crippen molar-refractivity contribution in [2.24, 2.45) is 11.3 Å². The Morgan fingerprint density at radius 1 is 0.944 bits per heavy atom. The standard InChI is InChI=1S/C12H14F6/c1-10(2,3)7-4-8(11(13,14)15)6-9(5-7)12(16,17)18/h4,6-7H,5H2,1-3H3. The van der Waals surface area contributed by atoms with Crippen LogP contribution in [0.1, 0.15) is 27.2 Å². The highest BCUT2D eigenvalue weighted by molar-refractivity contribution is 5.35. The maximum atomic E-state index is 12.6. The zero-order valence-corrected chi connectivity index (χ0v) is 10.2. The van der Waals surface area contributed by atoms with Gasteiger partial charge in [-0.15, -0.1) is 0 Å². The zero-order chi connectivity index (χ0) is 14.4. The molecule has 0 fully saturated rings. The number of halogens is 6. The highest BCUT2D eigenvalue weighted by Gasteiger charge is 2.43. The molecule has 0 saturated carbocycles. The Morgan fingerprint density at radius 2 is 1.44 bits per heavy atom. The van der Waals surface area contributed by atoms with Gasteiger partial charge in [-0.3, -0.25) is 0 Å². The molecule has 18 heavy (non-hydrogen) atoms. The predicted molar refractivity (Wildman–Crippen MR) is 55.8 cm³/mol. The summed E-state index contributed by atoms with van der Waals surface area (Å²) in [7, 11) is 0. The molecule has 0 nitrogen and oxygen atoms in total. The summed E-state index contributed by atoms with van der Waals surface area (Å²) in [6.07, 6.45) is -8.77. The average molecular weight is 272 g/mol. The lowest BCUT2D eigenvalue weighted by atomic mass is 9.73. The first-order chi connectivity index (χ1) is 7.82. The highest BCUT2D eigenvalue weighted by Crippen LogP contribution is 2.44. The molecule has 0 bridgehead atoms. The largest absolute Gasteiger partial charge is 0.416 e.